The Morgan fingerprint density at radius 1 is 0.709 bits per heavy atom. The predicted molar refractivity (Wildman–Crippen MR) is 217 cm³/mol. The van der Waals surface area contributed by atoms with Crippen molar-refractivity contribution in [2.45, 2.75) is 58.8 Å². The number of halogens is 2. The summed E-state index contributed by atoms with van der Waals surface area (Å²) in [5, 5.41) is 11.7. The number of rotatable bonds is 6. The molecule has 0 saturated heterocycles. The van der Waals surface area contributed by atoms with Crippen LogP contribution in [0.4, 0.5) is 16.7 Å². The second kappa shape index (κ2) is 15.4. The van der Waals surface area contributed by atoms with E-state index < -0.39 is 6.03 Å². The Bertz CT molecular complexity index is 2610. The van der Waals surface area contributed by atoms with Crippen molar-refractivity contribution in [2.24, 2.45) is 0 Å². The number of anilines is 2. The van der Waals surface area contributed by atoms with Crippen LogP contribution in [0.15, 0.2) is 88.5 Å². The molecule has 3 aromatic carbocycles. The number of fused-ring (bicyclic) bond motifs is 2. The molecule has 0 saturated carbocycles. The van der Waals surface area contributed by atoms with Gasteiger partial charge in [-0.3, -0.25) is 25.1 Å². The Morgan fingerprint density at radius 3 is 1.75 bits per heavy atom. The monoisotopic (exact) mass is 781 g/mol. The molecule has 4 aromatic heterocycles. The molecule has 0 unspecified atom stereocenters. The first-order valence-electron chi connectivity index (χ1n) is 17.4. The van der Waals surface area contributed by atoms with Crippen LogP contribution in [0.2, 0.25) is 10.0 Å². The summed E-state index contributed by atoms with van der Waals surface area (Å²) in [5.41, 5.74) is 11.1. The van der Waals surface area contributed by atoms with Crippen molar-refractivity contribution >= 4 is 52.4 Å². The number of amides is 2. The number of nitrogens with two attached hydrogens (primary N) is 1. The van der Waals surface area contributed by atoms with Crippen LogP contribution in [-0.2, 0) is 17.3 Å². The quantitative estimate of drug-likeness (QED) is 0.119. The lowest BCUT2D eigenvalue weighted by molar-refractivity contribution is 0.252. The lowest BCUT2D eigenvalue weighted by Crippen LogP contribution is -2.32. The molecular weight excluding hydrogens is 741 g/mol. The van der Waals surface area contributed by atoms with Crippen molar-refractivity contribution in [2.75, 3.05) is 17.6 Å². The Morgan fingerprint density at radius 2 is 1.22 bits per heavy atom. The number of hydrogen-bond acceptors (Lipinski definition) is 8. The molecule has 284 valence electrons. The van der Waals surface area contributed by atoms with E-state index in [0.717, 1.165) is 16.7 Å². The van der Waals surface area contributed by atoms with Gasteiger partial charge in [0.05, 0.1) is 0 Å². The van der Waals surface area contributed by atoms with E-state index in [1.165, 1.54) is 32.3 Å². The summed E-state index contributed by atoms with van der Waals surface area (Å²) >= 11 is 12.1. The van der Waals surface area contributed by atoms with Crippen molar-refractivity contribution in [1.82, 2.24) is 44.5 Å². The van der Waals surface area contributed by atoms with Crippen molar-refractivity contribution < 1.29 is 4.79 Å². The molecule has 2 amide bonds. The average molecular weight is 783 g/mol. The SMILES string of the molecule is CC(C)(C)c1ccc(-c2nc(N)n3[nH]c(=O)cc3n2)cc1.CC(C)(C)c1ccc(-c2nc(NC(=O)NCCc3ccc(Cl)cc3Cl)n3[nH]c(=O)cc3n2)cc1. The van der Waals surface area contributed by atoms with Gasteiger partial charge in [-0.15, -0.1) is 0 Å². The fourth-order valence-electron chi connectivity index (χ4n) is 5.60. The van der Waals surface area contributed by atoms with Crippen molar-refractivity contribution in [3.8, 4) is 22.8 Å². The molecule has 0 atom stereocenters. The Balaban J connectivity index is 0.000000209. The van der Waals surface area contributed by atoms with Crippen LogP contribution in [0, 0.1) is 0 Å². The summed E-state index contributed by atoms with van der Waals surface area (Å²) in [4.78, 5) is 53.4. The number of urea groups is 1. The number of aromatic nitrogens is 8. The molecule has 0 radical (unpaired) electrons. The Kier molecular flexibility index (Phi) is 10.8. The number of nitrogens with zero attached hydrogens (tertiary/aromatic N) is 6. The molecule has 7 rings (SSSR count). The van der Waals surface area contributed by atoms with Gasteiger partial charge in [0.15, 0.2) is 22.9 Å². The molecule has 55 heavy (non-hydrogen) atoms. The minimum atomic E-state index is -0.478. The first-order chi connectivity index (χ1) is 25.9. The molecule has 0 aliphatic heterocycles. The maximum absolute atomic E-state index is 12.6. The van der Waals surface area contributed by atoms with Gasteiger partial charge in [-0.2, -0.15) is 9.97 Å². The number of nitrogens with one attached hydrogen (secondary N) is 4. The van der Waals surface area contributed by atoms with Gasteiger partial charge in [0.25, 0.3) is 11.1 Å². The van der Waals surface area contributed by atoms with Gasteiger partial charge in [-0.25, -0.2) is 23.8 Å². The second-order valence-corrected chi connectivity index (χ2v) is 15.8. The Labute approximate surface area is 326 Å². The van der Waals surface area contributed by atoms with Crippen molar-refractivity contribution in [3.63, 3.8) is 0 Å². The number of hydrogen-bond donors (Lipinski definition) is 5. The third-order valence-electron chi connectivity index (χ3n) is 8.68. The molecule has 14 nitrogen and oxygen atoms in total. The van der Waals surface area contributed by atoms with Crippen LogP contribution < -0.4 is 27.5 Å². The normalized spacial score (nSPS) is 11.7. The average Bonchev–Trinajstić information content (AvgIpc) is 3.70. The molecule has 7 aromatic rings. The molecule has 0 aliphatic rings. The summed E-state index contributed by atoms with van der Waals surface area (Å²) in [5.74, 6) is 1.25. The molecule has 0 fully saturated rings. The number of nitrogen functional groups attached to an aromatic ring is 1. The maximum atomic E-state index is 12.6. The van der Waals surface area contributed by atoms with E-state index in [1.807, 2.05) is 42.5 Å². The predicted octanol–water partition coefficient (Wildman–Crippen LogP) is 7.02. The standard InChI is InChI=1S/C24H24Cl2N6O2.C15H17N5O/c1-24(2,3)16-7-4-15(5-8-16)21-28-19-13-20(33)31-32(19)22(29-21)30-23(34)27-11-10-14-6-9-17(25)12-18(14)26;1-15(2,3)10-6-4-9(5-7-10)13-17-11-8-12(21)19-20(11)14(16)18-13/h4-9,12-13H,10-11H2,1-3H3,(H,31,33)(H2,27,28,29,30,34);4-8H,1-3H3,(H,19,21)(H2,16,17,18). The Hall–Kier alpha value is -5.99. The highest BCUT2D eigenvalue weighted by Crippen LogP contribution is 2.27. The first-order valence-corrected chi connectivity index (χ1v) is 18.2. The fourth-order valence-corrected chi connectivity index (χ4v) is 6.10. The summed E-state index contributed by atoms with van der Waals surface area (Å²) in [6.07, 6.45) is 0.522. The third-order valence-corrected chi connectivity index (χ3v) is 9.26. The maximum Gasteiger partial charge on any atom is 0.321 e. The van der Waals surface area contributed by atoms with Crippen LogP contribution in [0.1, 0.15) is 58.2 Å². The zero-order chi connectivity index (χ0) is 39.7. The number of carbonyl (C=O) groups is 1. The summed E-state index contributed by atoms with van der Waals surface area (Å²) in [7, 11) is 0. The van der Waals surface area contributed by atoms with Crippen LogP contribution in [-0.4, -0.2) is 51.7 Å². The summed E-state index contributed by atoms with van der Waals surface area (Å²) in [6.45, 7) is 13.2. The highest BCUT2D eigenvalue weighted by atomic mass is 35.5. The fraction of sp³-hybridized carbons (Fsp3) is 0.256. The zero-order valence-corrected chi connectivity index (χ0v) is 32.7. The van der Waals surface area contributed by atoms with Crippen molar-refractivity contribution in [1.29, 1.82) is 0 Å². The zero-order valence-electron chi connectivity index (χ0n) is 31.2. The number of aromatic amines is 2. The number of H-pyrrole nitrogens is 2. The molecular formula is C39H41Cl2N11O3. The topological polar surface area (TPSA) is 193 Å². The summed E-state index contributed by atoms with van der Waals surface area (Å²) < 4.78 is 2.71. The van der Waals surface area contributed by atoms with E-state index in [9.17, 15) is 14.4 Å². The highest BCUT2D eigenvalue weighted by Gasteiger charge is 2.17. The van der Waals surface area contributed by atoms with E-state index in [2.05, 4.69) is 94.4 Å². The van der Waals surface area contributed by atoms with Gasteiger partial charge >= 0.3 is 6.03 Å². The van der Waals surface area contributed by atoms with Gasteiger partial charge in [-0.1, -0.05) is 119 Å². The van der Waals surface area contributed by atoms with Crippen LogP contribution in [0.5, 0.6) is 0 Å². The lowest BCUT2D eigenvalue weighted by atomic mass is 9.86. The third kappa shape index (κ3) is 9.22. The van der Waals surface area contributed by atoms with Crippen LogP contribution >= 0.6 is 23.2 Å². The van der Waals surface area contributed by atoms with E-state index in [4.69, 9.17) is 28.9 Å². The van der Waals surface area contributed by atoms with Crippen molar-refractivity contribution in [3.05, 3.63) is 126 Å². The summed E-state index contributed by atoms with van der Waals surface area (Å²) in [6, 6.07) is 23.4. The minimum absolute atomic E-state index is 0.0122. The number of carbonyl (C=O) groups excluding carboxylic acids is 1. The van der Waals surface area contributed by atoms with E-state index >= 15 is 0 Å². The first kappa shape index (κ1) is 38.7. The molecule has 4 heterocycles. The van der Waals surface area contributed by atoms with Gasteiger partial charge in [0.1, 0.15) is 0 Å². The van der Waals surface area contributed by atoms with Gasteiger partial charge in [0, 0.05) is 39.8 Å². The molecule has 0 bridgehead atoms. The van der Waals surface area contributed by atoms with Crippen LogP contribution in [0.3, 0.4) is 0 Å². The van der Waals surface area contributed by atoms with Gasteiger partial charge < -0.3 is 11.1 Å². The smallest absolute Gasteiger partial charge is 0.321 e. The van der Waals surface area contributed by atoms with Gasteiger partial charge in [0.2, 0.25) is 11.9 Å². The molecule has 6 N–H and O–H groups in total. The minimum Gasteiger partial charge on any atom is -0.368 e. The molecule has 0 aliphatic carbocycles. The van der Waals surface area contributed by atoms with E-state index in [0.29, 0.717) is 46.0 Å². The second-order valence-electron chi connectivity index (χ2n) is 14.9. The lowest BCUT2D eigenvalue weighted by Gasteiger charge is -2.19. The largest absolute Gasteiger partial charge is 0.368 e. The van der Waals surface area contributed by atoms with E-state index in [-0.39, 0.29) is 33.8 Å². The molecule has 0 spiro atoms. The van der Waals surface area contributed by atoms with Crippen LogP contribution in [0.25, 0.3) is 34.1 Å². The number of benzene rings is 3. The van der Waals surface area contributed by atoms with Gasteiger partial charge in [-0.05, 0) is 46.1 Å². The highest BCUT2D eigenvalue weighted by molar-refractivity contribution is 6.35. The van der Waals surface area contributed by atoms with E-state index in [1.54, 1.807) is 12.1 Å². The molecule has 16 heteroatoms.